The molecule has 0 radical (unpaired) electrons. The minimum atomic E-state index is -0.306. The van der Waals surface area contributed by atoms with Crippen LogP contribution in [0.1, 0.15) is 23.0 Å². The highest BCUT2D eigenvalue weighted by Gasteiger charge is 2.11. The monoisotopic (exact) mass is 241 g/mol. The zero-order valence-electron chi connectivity index (χ0n) is 9.08. The zero-order valence-corrected chi connectivity index (χ0v) is 9.89. The lowest BCUT2D eigenvalue weighted by molar-refractivity contribution is -0.120. The van der Waals surface area contributed by atoms with Gasteiger partial charge in [0.25, 0.3) is 5.91 Å². The third-order valence-electron chi connectivity index (χ3n) is 1.88. The van der Waals surface area contributed by atoms with Crippen LogP contribution in [0.25, 0.3) is 0 Å². The van der Waals surface area contributed by atoms with Gasteiger partial charge >= 0.3 is 0 Å². The number of nitrogens with two attached hydrogens (primary N) is 1. The summed E-state index contributed by atoms with van der Waals surface area (Å²) >= 11 is 1.26. The maximum absolute atomic E-state index is 11.5. The van der Waals surface area contributed by atoms with E-state index in [1.165, 1.54) is 11.3 Å². The Morgan fingerprint density at radius 1 is 1.44 bits per heavy atom. The standard InChI is InChI=1S/C10H15N3O2S/c1-2-4-12-8(14)6-13-10(15)9-7(11)3-5-16-9/h3,5H,2,4,6,11H2,1H3,(H,12,14)(H,13,15). The average molecular weight is 241 g/mol. The molecule has 6 heteroatoms. The van der Waals surface area contributed by atoms with E-state index in [-0.39, 0.29) is 18.4 Å². The van der Waals surface area contributed by atoms with Crippen molar-refractivity contribution in [3.05, 3.63) is 16.3 Å². The lowest BCUT2D eigenvalue weighted by Gasteiger charge is -2.05. The molecule has 0 atom stereocenters. The van der Waals surface area contributed by atoms with Gasteiger partial charge in [-0.15, -0.1) is 11.3 Å². The largest absolute Gasteiger partial charge is 0.397 e. The Kier molecular flexibility index (Phi) is 4.78. The normalized spacial score (nSPS) is 9.81. The number of nitrogen functional groups attached to an aromatic ring is 1. The molecule has 0 aromatic carbocycles. The van der Waals surface area contributed by atoms with Gasteiger partial charge in [-0.25, -0.2) is 0 Å². The molecular weight excluding hydrogens is 226 g/mol. The summed E-state index contributed by atoms with van der Waals surface area (Å²) < 4.78 is 0. The molecule has 88 valence electrons. The molecule has 0 saturated heterocycles. The van der Waals surface area contributed by atoms with Crippen molar-refractivity contribution in [2.24, 2.45) is 0 Å². The van der Waals surface area contributed by atoms with E-state index in [9.17, 15) is 9.59 Å². The highest BCUT2D eigenvalue weighted by Crippen LogP contribution is 2.17. The van der Waals surface area contributed by atoms with E-state index in [0.717, 1.165) is 6.42 Å². The summed E-state index contributed by atoms with van der Waals surface area (Å²) in [5.74, 6) is -0.496. The minimum absolute atomic E-state index is 0.0177. The molecule has 0 unspecified atom stereocenters. The van der Waals surface area contributed by atoms with Crippen molar-refractivity contribution in [1.82, 2.24) is 10.6 Å². The molecular formula is C10H15N3O2S. The van der Waals surface area contributed by atoms with Crippen molar-refractivity contribution in [3.8, 4) is 0 Å². The van der Waals surface area contributed by atoms with Crippen LogP contribution in [-0.4, -0.2) is 24.9 Å². The molecule has 4 N–H and O–H groups in total. The predicted octanol–water partition coefficient (Wildman–Crippen LogP) is 0.586. The van der Waals surface area contributed by atoms with Gasteiger partial charge in [0.05, 0.1) is 12.2 Å². The Morgan fingerprint density at radius 2 is 2.19 bits per heavy atom. The first-order chi connectivity index (χ1) is 7.65. The maximum atomic E-state index is 11.5. The lowest BCUT2D eigenvalue weighted by atomic mass is 10.4. The lowest BCUT2D eigenvalue weighted by Crippen LogP contribution is -2.37. The fourth-order valence-electron chi connectivity index (χ4n) is 1.07. The molecule has 0 saturated carbocycles. The highest BCUT2D eigenvalue weighted by atomic mass is 32.1. The van der Waals surface area contributed by atoms with E-state index in [1.807, 2.05) is 6.92 Å². The zero-order chi connectivity index (χ0) is 12.0. The Balaban J connectivity index is 2.36. The van der Waals surface area contributed by atoms with Crippen LogP contribution in [0.4, 0.5) is 5.69 Å². The van der Waals surface area contributed by atoms with Crippen LogP contribution in [0.3, 0.4) is 0 Å². The Labute approximate surface area is 98.0 Å². The van der Waals surface area contributed by atoms with Crippen molar-refractivity contribution in [2.45, 2.75) is 13.3 Å². The van der Waals surface area contributed by atoms with Crippen LogP contribution in [0.5, 0.6) is 0 Å². The molecule has 5 nitrogen and oxygen atoms in total. The fourth-order valence-corrected chi connectivity index (χ4v) is 1.81. The molecule has 0 spiro atoms. The number of carbonyl (C=O) groups excluding carboxylic acids is 2. The van der Waals surface area contributed by atoms with Gasteiger partial charge in [-0.3, -0.25) is 9.59 Å². The molecule has 0 aliphatic heterocycles. The number of thiophene rings is 1. The minimum Gasteiger partial charge on any atom is -0.397 e. The van der Waals surface area contributed by atoms with Crippen molar-refractivity contribution < 1.29 is 9.59 Å². The van der Waals surface area contributed by atoms with Gasteiger partial charge in [0.1, 0.15) is 4.88 Å². The van der Waals surface area contributed by atoms with E-state index in [4.69, 9.17) is 5.73 Å². The molecule has 1 aromatic heterocycles. The van der Waals surface area contributed by atoms with Crippen LogP contribution in [0.2, 0.25) is 0 Å². The molecule has 2 amide bonds. The number of anilines is 1. The van der Waals surface area contributed by atoms with E-state index in [1.54, 1.807) is 11.4 Å². The van der Waals surface area contributed by atoms with Gasteiger partial charge in [0, 0.05) is 6.54 Å². The van der Waals surface area contributed by atoms with E-state index in [0.29, 0.717) is 17.1 Å². The highest BCUT2D eigenvalue weighted by molar-refractivity contribution is 7.12. The topological polar surface area (TPSA) is 84.2 Å². The number of hydrogen-bond acceptors (Lipinski definition) is 4. The summed E-state index contributed by atoms with van der Waals surface area (Å²) in [6, 6.07) is 1.66. The number of rotatable bonds is 5. The number of nitrogens with one attached hydrogen (secondary N) is 2. The molecule has 0 aliphatic rings. The molecule has 1 aromatic rings. The third kappa shape index (κ3) is 3.54. The van der Waals surface area contributed by atoms with Gasteiger partial charge in [0.2, 0.25) is 5.91 Å². The van der Waals surface area contributed by atoms with Crippen molar-refractivity contribution in [3.63, 3.8) is 0 Å². The second-order valence-electron chi connectivity index (χ2n) is 3.24. The van der Waals surface area contributed by atoms with Gasteiger partial charge in [-0.05, 0) is 17.9 Å². The van der Waals surface area contributed by atoms with Crippen LogP contribution in [0, 0.1) is 0 Å². The second-order valence-corrected chi connectivity index (χ2v) is 4.15. The molecule has 0 bridgehead atoms. The quantitative estimate of drug-likeness (QED) is 0.705. The number of amides is 2. The summed E-state index contributed by atoms with van der Waals surface area (Å²) in [5.41, 5.74) is 6.02. The van der Waals surface area contributed by atoms with Gasteiger partial charge in [0.15, 0.2) is 0 Å². The Bertz CT molecular complexity index is 376. The van der Waals surface area contributed by atoms with Gasteiger partial charge in [-0.2, -0.15) is 0 Å². The number of carbonyl (C=O) groups is 2. The SMILES string of the molecule is CCCNC(=O)CNC(=O)c1sccc1N. The van der Waals surface area contributed by atoms with Crippen LogP contribution in [-0.2, 0) is 4.79 Å². The summed E-state index contributed by atoms with van der Waals surface area (Å²) in [5, 5.41) is 6.92. The van der Waals surface area contributed by atoms with Crippen LogP contribution < -0.4 is 16.4 Å². The van der Waals surface area contributed by atoms with Crippen LogP contribution >= 0.6 is 11.3 Å². The number of hydrogen-bond donors (Lipinski definition) is 3. The summed E-state index contributed by atoms with van der Waals surface area (Å²) in [7, 11) is 0. The van der Waals surface area contributed by atoms with Crippen molar-refractivity contribution in [2.75, 3.05) is 18.8 Å². The predicted molar refractivity (Wildman–Crippen MR) is 64.4 cm³/mol. The van der Waals surface area contributed by atoms with Gasteiger partial charge < -0.3 is 16.4 Å². The first-order valence-electron chi connectivity index (χ1n) is 5.03. The Morgan fingerprint density at radius 3 is 2.75 bits per heavy atom. The Hall–Kier alpha value is -1.56. The van der Waals surface area contributed by atoms with E-state index in [2.05, 4.69) is 10.6 Å². The molecule has 1 rings (SSSR count). The van der Waals surface area contributed by atoms with E-state index < -0.39 is 0 Å². The third-order valence-corrected chi connectivity index (χ3v) is 2.81. The van der Waals surface area contributed by atoms with Gasteiger partial charge in [-0.1, -0.05) is 6.92 Å². The fraction of sp³-hybridized carbons (Fsp3) is 0.400. The van der Waals surface area contributed by atoms with Crippen LogP contribution in [0.15, 0.2) is 11.4 Å². The summed E-state index contributed by atoms with van der Waals surface area (Å²) in [6.45, 7) is 2.57. The van der Waals surface area contributed by atoms with E-state index >= 15 is 0 Å². The molecule has 1 heterocycles. The molecule has 0 fully saturated rings. The summed E-state index contributed by atoms with van der Waals surface area (Å²) in [6.07, 6.45) is 0.873. The maximum Gasteiger partial charge on any atom is 0.263 e. The molecule has 16 heavy (non-hydrogen) atoms. The summed E-state index contributed by atoms with van der Waals surface area (Å²) in [4.78, 5) is 23.2. The van der Waals surface area contributed by atoms with Crippen molar-refractivity contribution >= 4 is 28.8 Å². The smallest absolute Gasteiger partial charge is 0.263 e. The first kappa shape index (κ1) is 12.5. The second kappa shape index (κ2) is 6.12. The first-order valence-corrected chi connectivity index (χ1v) is 5.91. The average Bonchev–Trinajstić information content (AvgIpc) is 2.69. The van der Waals surface area contributed by atoms with Crippen molar-refractivity contribution in [1.29, 1.82) is 0 Å². The molecule has 0 aliphatic carbocycles.